The van der Waals surface area contributed by atoms with Crippen molar-refractivity contribution in [2.24, 2.45) is 5.92 Å². The van der Waals surface area contributed by atoms with Gasteiger partial charge >= 0.3 is 0 Å². The Morgan fingerprint density at radius 3 is 2.61 bits per heavy atom. The van der Waals surface area contributed by atoms with Gasteiger partial charge in [-0.15, -0.1) is 0 Å². The fourth-order valence-electron chi connectivity index (χ4n) is 3.17. The van der Waals surface area contributed by atoms with Gasteiger partial charge in [0.2, 0.25) is 10.0 Å². The van der Waals surface area contributed by atoms with Crippen molar-refractivity contribution >= 4 is 10.0 Å². The summed E-state index contributed by atoms with van der Waals surface area (Å²) < 4.78 is 25.1. The third-order valence-corrected chi connectivity index (χ3v) is 5.13. The Labute approximate surface area is 139 Å². The van der Waals surface area contributed by atoms with E-state index in [0.717, 1.165) is 31.5 Å². The second kappa shape index (κ2) is 7.30. The first-order valence-electron chi connectivity index (χ1n) is 8.12. The van der Waals surface area contributed by atoms with Crippen molar-refractivity contribution in [3.8, 4) is 0 Å². The molecule has 1 heterocycles. The Morgan fingerprint density at radius 1 is 1.35 bits per heavy atom. The van der Waals surface area contributed by atoms with Crippen molar-refractivity contribution in [1.29, 1.82) is 0 Å². The Morgan fingerprint density at radius 2 is 2.00 bits per heavy atom. The summed E-state index contributed by atoms with van der Waals surface area (Å²) in [5.41, 5.74) is 1.19. The van der Waals surface area contributed by atoms with Crippen molar-refractivity contribution in [2.75, 3.05) is 32.4 Å². The molecule has 1 aromatic rings. The first-order valence-corrected chi connectivity index (χ1v) is 10.0. The Balaban J connectivity index is 1.94. The van der Waals surface area contributed by atoms with Crippen LogP contribution in [-0.4, -0.2) is 50.9 Å². The zero-order valence-electron chi connectivity index (χ0n) is 14.2. The van der Waals surface area contributed by atoms with Crippen LogP contribution in [0.1, 0.15) is 30.9 Å². The zero-order chi connectivity index (χ0) is 17.1. The summed E-state index contributed by atoms with van der Waals surface area (Å²) in [6.07, 6.45) is 3.24. The van der Waals surface area contributed by atoms with Crippen LogP contribution in [0, 0.1) is 12.8 Å². The fourth-order valence-corrected chi connectivity index (χ4v) is 3.71. The Bertz CT molecular complexity index is 611. The van der Waals surface area contributed by atoms with Crippen molar-refractivity contribution in [1.82, 2.24) is 9.62 Å². The summed E-state index contributed by atoms with van der Waals surface area (Å²) in [5, 5.41) is 10.8. The number of β-amino-alcohol motifs (C(OH)–C–C–N with tert-alkyl or cyclic N) is 1. The Hall–Kier alpha value is -0.950. The number of aryl methyl sites for hydroxylation is 1. The smallest absolute Gasteiger partial charge is 0.208 e. The average molecular weight is 340 g/mol. The number of rotatable bonds is 6. The highest BCUT2D eigenvalue weighted by Gasteiger charge is 2.29. The fraction of sp³-hybridized carbons (Fsp3) is 0.647. The normalized spacial score (nSPS) is 22.7. The summed E-state index contributed by atoms with van der Waals surface area (Å²) in [6.45, 7) is 6.66. The second-order valence-electron chi connectivity index (χ2n) is 7.00. The van der Waals surface area contributed by atoms with E-state index in [-0.39, 0.29) is 0 Å². The SMILES string of the molecule is Cc1ccc([C@](C)(O)CN2CCC[C@@H](CNS(C)(=O)=O)C2)cc1. The van der Waals surface area contributed by atoms with Gasteiger partial charge in [-0.1, -0.05) is 29.8 Å². The molecule has 1 aliphatic heterocycles. The van der Waals surface area contributed by atoms with Crippen LogP contribution in [0.4, 0.5) is 0 Å². The van der Waals surface area contributed by atoms with Crippen LogP contribution in [-0.2, 0) is 15.6 Å². The molecule has 6 heteroatoms. The number of nitrogens with zero attached hydrogens (tertiary/aromatic N) is 1. The second-order valence-corrected chi connectivity index (χ2v) is 8.84. The number of hydrogen-bond acceptors (Lipinski definition) is 4. The van der Waals surface area contributed by atoms with Gasteiger partial charge in [0, 0.05) is 19.6 Å². The van der Waals surface area contributed by atoms with E-state index in [1.165, 1.54) is 11.8 Å². The molecule has 5 nitrogen and oxygen atoms in total. The van der Waals surface area contributed by atoms with E-state index < -0.39 is 15.6 Å². The maximum Gasteiger partial charge on any atom is 0.208 e. The van der Waals surface area contributed by atoms with E-state index in [1.54, 1.807) is 0 Å². The van der Waals surface area contributed by atoms with Crippen LogP contribution in [0.25, 0.3) is 0 Å². The molecule has 130 valence electrons. The lowest BCUT2D eigenvalue weighted by molar-refractivity contribution is 0.00358. The largest absolute Gasteiger partial charge is 0.384 e. The van der Waals surface area contributed by atoms with Gasteiger partial charge in [-0.25, -0.2) is 13.1 Å². The van der Waals surface area contributed by atoms with E-state index in [0.29, 0.717) is 19.0 Å². The van der Waals surface area contributed by atoms with Crippen LogP contribution >= 0.6 is 0 Å². The quantitative estimate of drug-likeness (QED) is 0.823. The minimum absolute atomic E-state index is 0.298. The average Bonchev–Trinajstić information content (AvgIpc) is 2.45. The highest BCUT2D eigenvalue weighted by Crippen LogP contribution is 2.25. The molecule has 0 unspecified atom stereocenters. The van der Waals surface area contributed by atoms with Gasteiger partial charge in [-0.2, -0.15) is 0 Å². The number of piperidine rings is 1. The molecular formula is C17H28N2O3S. The summed E-state index contributed by atoms with van der Waals surface area (Å²) in [5.74, 6) is 0.298. The molecule has 2 atom stereocenters. The molecule has 0 aromatic heterocycles. The number of aliphatic hydroxyl groups is 1. The highest BCUT2D eigenvalue weighted by molar-refractivity contribution is 7.88. The van der Waals surface area contributed by atoms with Crippen LogP contribution in [0.15, 0.2) is 24.3 Å². The van der Waals surface area contributed by atoms with Gasteiger partial charge < -0.3 is 5.11 Å². The van der Waals surface area contributed by atoms with Gasteiger partial charge in [0.05, 0.1) is 11.9 Å². The lowest BCUT2D eigenvalue weighted by Gasteiger charge is -2.37. The molecule has 23 heavy (non-hydrogen) atoms. The van der Waals surface area contributed by atoms with E-state index in [4.69, 9.17) is 0 Å². The van der Waals surface area contributed by atoms with Gasteiger partial charge in [-0.05, 0) is 44.7 Å². The molecule has 1 saturated heterocycles. The van der Waals surface area contributed by atoms with Gasteiger partial charge in [0.25, 0.3) is 0 Å². The van der Waals surface area contributed by atoms with Crippen molar-refractivity contribution in [3.05, 3.63) is 35.4 Å². The minimum atomic E-state index is -3.14. The molecule has 0 aliphatic carbocycles. The lowest BCUT2D eigenvalue weighted by Crippen LogP contribution is -2.46. The van der Waals surface area contributed by atoms with Crippen molar-refractivity contribution in [2.45, 2.75) is 32.3 Å². The zero-order valence-corrected chi connectivity index (χ0v) is 15.1. The molecule has 1 aliphatic rings. The first kappa shape index (κ1) is 18.4. The number of sulfonamides is 1. The first-order chi connectivity index (χ1) is 10.7. The molecule has 2 N–H and O–H groups in total. The van der Waals surface area contributed by atoms with Crippen LogP contribution in [0.5, 0.6) is 0 Å². The summed E-state index contributed by atoms with van der Waals surface area (Å²) in [6, 6.07) is 7.97. The summed E-state index contributed by atoms with van der Waals surface area (Å²) in [7, 11) is -3.14. The molecule has 0 radical (unpaired) electrons. The summed E-state index contributed by atoms with van der Waals surface area (Å²) >= 11 is 0. The van der Waals surface area contributed by atoms with Gasteiger partial charge in [-0.3, -0.25) is 4.90 Å². The van der Waals surface area contributed by atoms with Crippen LogP contribution in [0.2, 0.25) is 0 Å². The number of benzene rings is 1. The maximum atomic E-state index is 11.2. The molecule has 2 rings (SSSR count). The number of likely N-dealkylation sites (tertiary alicyclic amines) is 1. The molecule has 0 amide bonds. The Kier molecular flexibility index (Phi) is 5.84. The monoisotopic (exact) mass is 340 g/mol. The van der Waals surface area contributed by atoms with Crippen molar-refractivity contribution < 1.29 is 13.5 Å². The molecule has 0 bridgehead atoms. The topological polar surface area (TPSA) is 69.6 Å². The third-order valence-electron chi connectivity index (χ3n) is 4.44. The predicted octanol–water partition coefficient (Wildman–Crippen LogP) is 1.46. The minimum Gasteiger partial charge on any atom is -0.384 e. The number of nitrogens with one attached hydrogen (secondary N) is 1. The molecule has 1 aromatic carbocycles. The molecule has 0 saturated carbocycles. The van der Waals surface area contributed by atoms with Crippen LogP contribution in [0.3, 0.4) is 0 Å². The number of hydrogen-bond donors (Lipinski definition) is 2. The van der Waals surface area contributed by atoms with E-state index in [2.05, 4.69) is 9.62 Å². The van der Waals surface area contributed by atoms with E-state index in [1.807, 2.05) is 38.1 Å². The summed E-state index contributed by atoms with van der Waals surface area (Å²) in [4.78, 5) is 2.23. The van der Waals surface area contributed by atoms with Crippen LogP contribution < -0.4 is 4.72 Å². The van der Waals surface area contributed by atoms with E-state index >= 15 is 0 Å². The maximum absolute atomic E-state index is 11.2. The van der Waals surface area contributed by atoms with Gasteiger partial charge in [0.1, 0.15) is 0 Å². The molecule has 0 spiro atoms. The molecular weight excluding hydrogens is 312 g/mol. The standard InChI is InChI=1S/C17H28N2O3S/c1-14-6-8-16(9-7-14)17(2,20)13-19-10-4-5-15(12-19)11-18-23(3,21)22/h6-9,15,18,20H,4-5,10-13H2,1-3H3/t15-,17+/m0/s1. The third kappa shape index (κ3) is 5.88. The highest BCUT2D eigenvalue weighted by atomic mass is 32.2. The molecule has 1 fully saturated rings. The van der Waals surface area contributed by atoms with Crippen molar-refractivity contribution in [3.63, 3.8) is 0 Å². The predicted molar refractivity (Wildman–Crippen MR) is 92.8 cm³/mol. The lowest BCUT2D eigenvalue weighted by atomic mass is 9.92. The van der Waals surface area contributed by atoms with E-state index in [9.17, 15) is 13.5 Å². The van der Waals surface area contributed by atoms with Gasteiger partial charge in [0.15, 0.2) is 0 Å².